The first kappa shape index (κ1) is 19.2. The van der Waals surface area contributed by atoms with Crippen LogP contribution in [-0.2, 0) is 0 Å². The third-order valence-electron chi connectivity index (χ3n) is 3.45. The highest BCUT2D eigenvalue weighted by atomic mass is 35.5. The summed E-state index contributed by atoms with van der Waals surface area (Å²) in [5.41, 5.74) is 2.27. The third kappa shape index (κ3) is 4.10. The minimum atomic E-state index is -0.0846. The Kier molecular flexibility index (Phi) is 7.23. The summed E-state index contributed by atoms with van der Waals surface area (Å²) in [5, 5.41) is 7.97. The number of nitrogens with zero attached hydrogens (tertiary/aromatic N) is 1. The second kappa shape index (κ2) is 8.67. The standard InChI is InChI=1S/C17H17N3O.2ClH/c1-18-9-10-19-17(21)14-7-4-6-13-11-12-5-2-3-8-15(12)20-16(13)14;;/h2-8,11,18H,9-10H2,1H3,(H,19,21);2*1H. The monoisotopic (exact) mass is 351 g/mol. The number of pyridine rings is 1. The lowest BCUT2D eigenvalue weighted by Gasteiger charge is -2.08. The van der Waals surface area contributed by atoms with Gasteiger partial charge in [-0.15, -0.1) is 24.8 Å². The van der Waals surface area contributed by atoms with Crippen molar-refractivity contribution in [2.75, 3.05) is 20.1 Å². The number of benzene rings is 2. The normalized spacial score (nSPS) is 9.96. The number of carbonyl (C=O) groups excluding carboxylic acids is 1. The minimum absolute atomic E-state index is 0. The van der Waals surface area contributed by atoms with Gasteiger partial charge >= 0.3 is 0 Å². The van der Waals surface area contributed by atoms with Crippen molar-refractivity contribution in [3.05, 3.63) is 54.1 Å². The van der Waals surface area contributed by atoms with E-state index in [-0.39, 0.29) is 30.7 Å². The molecule has 0 atom stereocenters. The van der Waals surface area contributed by atoms with Crippen molar-refractivity contribution >= 4 is 52.5 Å². The van der Waals surface area contributed by atoms with Crippen LogP contribution >= 0.6 is 24.8 Å². The Hall–Kier alpha value is -1.88. The molecule has 6 heteroatoms. The Bertz CT molecular complexity index is 808. The van der Waals surface area contributed by atoms with Gasteiger partial charge in [0.25, 0.3) is 5.91 Å². The molecule has 0 aliphatic carbocycles. The SMILES string of the molecule is CNCCNC(=O)c1cccc2cc3ccccc3nc12.Cl.Cl. The van der Waals surface area contributed by atoms with E-state index in [1.54, 1.807) is 0 Å². The van der Waals surface area contributed by atoms with Crippen LogP contribution in [0.4, 0.5) is 0 Å². The fourth-order valence-corrected chi connectivity index (χ4v) is 2.38. The number of amides is 1. The highest BCUT2D eigenvalue weighted by molar-refractivity contribution is 6.07. The van der Waals surface area contributed by atoms with E-state index in [1.807, 2.05) is 49.5 Å². The van der Waals surface area contributed by atoms with Gasteiger partial charge < -0.3 is 10.6 Å². The number of para-hydroxylation sites is 2. The lowest BCUT2D eigenvalue weighted by atomic mass is 10.1. The predicted molar refractivity (Wildman–Crippen MR) is 100 cm³/mol. The quantitative estimate of drug-likeness (QED) is 0.560. The Morgan fingerprint density at radius 2 is 1.74 bits per heavy atom. The molecule has 23 heavy (non-hydrogen) atoms. The fourth-order valence-electron chi connectivity index (χ4n) is 2.38. The average Bonchev–Trinajstić information content (AvgIpc) is 2.52. The summed E-state index contributed by atoms with van der Waals surface area (Å²) in [4.78, 5) is 16.9. The summed E-state index contributed by atoms with van der Waals surface area (Å²) in [7, 11) is 1.86. The van der Waals surface area contributed by atoms with Gasteiger partial charge in [0, 0.05) is 23.9 Å². The molecule has 1 aromatic heterocycles. The van der Waals surface area contributed by atoms with Gasteiger partial charge in [-0.2, -0.15) is 0 Å². The van der Waals surface area contributed by atoms with Gasteiger partial charge in [-0.1, -0.05) is 30.3 Å². The molecule has 2 aromatic carbocycles. The molecule has 0 radical (unpaired) electrons. The fraction of sp³-hybridized carbons (Fsp3) is 0.176. The summed E-state index contributed by atoms with van der Waals surface area (Å²) in [6, 6.07) is 15.7. The molecule has 122 valence electrons. The number of hydrogen-bond acceptors (Lipinski definition) is 3. The molecule has 0 unspecified atom stereocenters. The van der Waals surface area contributed by atoms with Crippen LogP contribution in [0.15, 0.2) is 48.5 Å². The van der Waals surface area contributed by atoms with Crippen molar-refractivity contribution in [1.82, 2.24) is 15.6 Å². The molecular formula is C17H19Cl2N3O. The first-order valence-corrected chi connectivity index (χ1v) is 7.01. The molecule has 1 heterocycles. The van der Waals surface area contributed by atoms with Crippen LogP contribution in [0.2, 0.25) is 0 Å². The third-order valence-corrected chi connectivity index (χ3v) is 3.45. The largest absolute Gasteiger partial charge is 0.351 e. The van der Waals surface area contributed by atoms with Gasteiger partial charge in [-0.3, -0.25) is 4.79 Å². The van der Waals surface area contributed by atoms with Crippen LogP contribution in [0.3, 0.4) is 0 Å². The zero-order chi connectivity index (χ0) is 14.7. The number of halogens is 2. The molecule has 3 rings (SSSR count). The van der Waals surface area contributed by atoms with Gasteiger partial charge in [0.1, 0.15) is 0 Å². The molecule has 0 saturated heterocycles. The van der Waals surface area contributed by atoms with Crippen molar-refractivity contribution in [3.8, 4) is 0 Å². The van der Waals surface area contributed by atoms with Gasteiger partial charge in [-0.25, -0.2) is 4.98 Å². The first-order chi connectivity index (χ1) is 10.3. The van der Waals surface area contributed by atoms with Crippen LogP contribution in [0, 0.1) is 0 Å². The maximum atomic E-state index is 12.3. The highest BCUT2D eigenvalue weighted by Crippen LogP contribution is 2.22. The lowest BCUT2D eigenvalue weighted by Crippen LogP contribution is -2.30. The number of hydrogen-bond donors (Lipinski definition) is 2. The molecule has 3 aromatic rings. The van der Waals surface area contributed by atoms with Crippen LogP contribution in [0.25, 0.3) is 21.8 Å². The maximum absolute atomic E-state index is 12.3. The Labute approximate surface area is 147 Å². The van der Waals surface area contributed by atoms with Crippen LogP contribution in [0.1, 0.15) is 10.4 Å². The molecule has 0 aliphatic heterocycles. The van der Waals surface area contributed by atoms with E-state index in [0.29, 0.717) is 12.1 Å². The second-order valence-corrected chi connectivity index (χ2v) is 4.92. The molecular weight excluding hydrogens is 333 g/mol. The van der Waals surface area contributed by atoms with Crippen molar-refractivity contribution in [1.29, 1.82) is 0 Å². The Balaban J connectivity index is 0.00000132. The summed E-state index contributed by atoms with van der Waals surface area (Å²) < 4.78 is 0. The van der Waals surface area contributed by atoms with Gasteiger partial charge in [0.15, 0.2) is 0 Å². The predicted octanol–water partition coefficient (Wildman–Crippen LogP) is 3.18. The van der Waals surface area contributed by atoms with E-state index >= 15 is 0 Å². The number of aromatic nitrogens is 1. The van der Waals surface area contributed by atoms with E-state index in [1.165, 1.54) is 0 Å². The van der Waals surface area contributed by atoms with Crippen molar-refractivity contribution in [2.45, 2.75) is 0 Å². The Morgan fingerprint density at radius 3 is 2.52 bits per heavy atom. The van der Waals surface area contributed by atoms with Crippen molar-refractivity contribution in [2.24, 2.45) is 0 Å². The number of likely N-dealkylation sites (N-methyl/N-ethyl adjacent to an activating group) is 1. The minimum Gasteiger partial charge on any atom is -0.351 e. The summed E-state index contributed by atoms with van der Waals surface area (Å²) in [5.74, 6) is -0.0846. The first-order valence-electron chi connectivity index (χ1n) is 7.01. The van der Waals surface area contributed by atoms with Gasteiger partial charge in [0.2, 0.25) is 0 Å². The average molecular weight is 352 g/mol. The van der Waals surface area contributed by atoms with Gasteiger partial charge in [-0.05, 0) is 25.2 Å². The molecule has 0 bridgehead atoms. The Morgan fingerprint density at radius 1 is 1.00 bits per heavy atom. The zero-order valence-electron chi connectivity index (χ0n) is 12.7. The molecule has 0 fully saturated rings. The van der Waals surface area contributed by atoms with Crippen LogP contribution < -0.4 is 10.6 Å². The number of carbonyl (C=O) groups is 1. The molecule has 0 saturated carbocycles. The highest BCUT2D eigenvalue weighted by Gasteiger charge is 2.11. The van der Waals surface area contributed by atoms with E-state index in [9.17, 15) is 4.79 Å². The molecule has 0 spiro atoms. The van der Waals surface area contributed by atoms with Crippen molar-refractivity contribution in [3.63, 3.8) is 0 Å². The summed E-state index contributed by atoms with van der Waals surface area (Å²) >= 11 is 0. The van der Waals surface area contributed by atoms with E-state index in [0.717, 1.165) is 28.4 Å². The molecule has 4 nitrogen and oxygen atoms in total. The van der Waals surface area contributed by atoms with E-state index in [4.69, 9.17) is 0 Å². The topological polar surface area (TPSA) is 54.0 Å². The van der Waals surface area contributed by atoms with E-state index < -0.39 is 0 Å². The van der Waals surface area contributed by atoms with Gasteiger partial charge in [0.05, 0.1) is 16.6 Å². The second-order valence-electron chi connectivity index (χ2n) is 4.92. The van der Waals surface area contributed by atoms with E-state index in [2.05, 4.69) is 21.7 Å². The van der Waals surface area contributed by atoms with Crippen LogP contribution in [0.5, 0.6) is 0 Å². The van der Waals surface area contributed by atoms with Crippen molar-refractivity contribution < 1.29 is 4.79 Å². The summed E-state index contributed by atoms with van der Waals surface area (Å²) in [6.45, 7) is 1.34. The number of fused-ring (bicyclic) bond motifs is 2. The molecule has 0 aliphatic rings. The smallest absolute Gasteiger partial charge is 0.253 e. The number of nitrogens with one attached hydrogen (secondary N) is 2. The molecule has 1 amide bonds. The lowest BCUT2D eigenvalue weighted by molar-refractivity contribution is 0.0955. The molecule has 2 N–H and O–H groups in total. The summed E-state index contributed by atoms with van der Waals surface area (Å²) in [6.07, 6.45) is 0. The van der Waals surface area contributed by atoms with Crippen LogP contribution in [-0.4, -0.2) is 31.0 Å². The number of rotatable bonds is 4. The zero-order valence-corrected chi connectivity index (χ0v) is 14.3. The maximum Gasteiger partial charge on any atom is 0.253 e.